The average molecular weight is 510 g/mol. The number of carboxylic acid groups (broad SMARTS) is 1. The highest BCUT2D eigenvalue weighted by Gasteiger charge is 2.17. The van der Waals surface area contributed by atoms with Gasteiger partial charge in [0.2, 0.25) is 0 Å². The van der Waals surface area contributed by atoms with Gasteiger partial charge in [-0.05, 0) is 59.5 Å². The van der Waals surface area contributed by atoms with Gasteiger partial charge in [0, 0.05) is 24.8 Å². The van der Waals surface area contributed by atoms with Crippen molar-refractivity contribution in [1.29, 1.82) is 0 Å². The van der Waals surface area contributed by atoms with E-state index in [2.05, 4.69) is 5.32 Å². The van der Waals surface area contributed by atoms with E-state index in [1.54, 1.807) is 48.5 Å². The van der Waals surface area contributed by atoms with Gasteiger partial charge in [-0.1, -0.05) is 48.6 Å². The number of allylic oxidation sites excluding steroid dienone is 1. The first-order chi connectivity index (χ1) is 17.1. The van der Waals surface area contributed by atoms with Crippen LogP contribution in [0.5, 0.6) is 5.75 Å². The molecule has 8 nitrogen and oxygen atoms in total. The molecule has 2 N–H and O–H groups in total. The Hall–Kier alpha value is -3.95. The van der Waals surface area contributed by atoms with E-state index in [4.69, 9.17) is 14.0 Å². The fraction of sp³-hybridized carbons (Fsp3) is 0.185. The third-order valence-corrected chi connectivity index (χ3v) is 5.70. The minimum absolute atomic E-state index is 0.215. The molecule has 0 aliphatic heterocycles. The second-order valence-corrected chi connectivity index (χ2v) is 9.65. The minimum atomic E-state index is -3.55. The maximum atomic E-state index is 12.5. The van der Waals surface area contributed by atoms with Gasteiger partial charge < -0.3 is 19.3 Å². The molecule has 0 bridgehead atoms. The fourth-order valence-corrected chi connectivity index (χ4v) is 3.81. The SMILES string of the molecule is COC(Cc1ccc(C(=O)Nc2ccc(C/C=C/c3ccc(OS(C)(=O)=O)cc3)cc2)cc1)C(=O)O. The Morgan fingerprint density at radius 2 is 1.56 bits per heavy atom. The van der Waals surface area contributed by atoms with E-state index in [0.717, 1.165) is 22.9 Å². The monoisotopic (exact) mass is 509 g/mol. The molecule has 1 amide bonds. The highest BCUT2D eigenvalue weighted by atomic mass is 32.2. The summed E-state index contributed by atoms with van der Waals surface area (Å²) < 4.78 is 32.1. The largest absolute Gasteiger partial charge is 0.479 e. The van der Waals surface area contributed by atoms with E-state index >= 15 is 0 Å². The first-order valence-corrected chi connectivity index (χ1v) is 12.9. The van der Waals surface area contributed by atoms with Crippen LogP contribution in [0.4, 0.5) is 5.69 Å². The van der Waals surface area contributed by atoms with Crippen molar-refractivity contribution in [2.24, 2.45) is 0 Å². The molecule has 0 radical (unpaired) electrons. The normalized spacial score (nSPS) is 12.3. The molecule has 0 saturated carbocycles. The Kier molecular flexibility index (Phi) is 8.99. The van der Waals surface area contributed by atoms with Gasteiger partial charge in [0.25, 0.3) is 5.91 Å². The smallest absolute Gasteiger partial charge is 0.333 e. The third-order valence-electron chi connectivity index (χ3n) is 5.20. The number of carbonyl (C=O) groups excluding carboxylic acids is 1. The predicted molar refractivity (Wildman–Crippen MR) is 138 cm³/mol. The summed E-state index contributed by atoms with van der Waals surface area (Å²) in [4.78, 5) is 23.6. The molecule has 1 atom stereocenters. The van der Waals surface area contributed by atoms with E-state index in [9.17, 15) is 18.0 Å². The number of methoxy groups -OCH3 is 1. The van der Waals surface area contributed by atoms with Crippen molar-refractivity contribution in [3.05, 3.63) is 101 Å². The summed E-state index contributed by atoms with van der Waals surface area (Å²) >= 11 is 0. The molecule has 1 unspecified atom stereocenters. The number of nitrogens with one attached hydrogen (secondary N) is 1. The molecule has 0 fully saturated rings. The van der Waals surface area contributed by atoms with Crippen LogP contribution >= 0.6 is 0 Å². The van der Waals surface area contributed by atoms with Crippen LogP contribution in [0.2, 0.25) is 0 Å². The van der Waals surface area contributed by atoms with Gasteiger partial charge in [0.15, 0.2) is 6.10 Å². The first-order valence-electron chi connectivity index (χ1n) is 11.0. The standard InChI is InChI=1S/C27H27NO7S/c1-34-25(27(30)31)18-21-6-12-22(13-7-21)26(29)28-23-14-8-19(9-15-23)4-3-5-20-10-16-24(17-11-20)35-36(2,32)33/h3,5-17,25H,4,18H2,1-2H3,(H,28,29)(H,30,31)/b5-3+. The number of aliphatic carboxylic acids is 1. The Morgan fingerprint density at radius 1 is 0.944 bits per heavy atom. The molecule has 3 aromatic carbocycles. The van der Waals surface area contributed by atoms with Gasteiger partial charge in [0.1, 0.15) is 5.75 Å². The number of benzene rings is 3. The molecule has 3 rings (SSSR count). The van der Waals surface area contributed by atoms with Gasteiger partial charge in [-0.2, -0.15) is 8.42 Å². The van der Waals surface area contributed by atoms with Gasteiger partial charge >= 0.3 is 16.1 Å². The molecule has 0 heterocycles. The van der Waals surface area contributed by atoms with Crippen molar-refractivity contribution >= 4 is 33.8 Å². The predicted octanol–water partition coefficient (Wildman–Crippen LogP) is 4.18. The summed E-state index contributed by atoms with van der Waals surface area (Å²) in [6, 6.07) is 20.9. The molecule has 3 aromatic rings. The topological polar surface area (TPSA) is 119 Å². The zero-order chi connectivity index (χ0) is 26.1. The second-order valence-electron chi connectivity index (χ2n) is 8.08. The lowest BCUT2D eigenvalue weighted by Gasteiger charge is -2.11. The van der Waals surface area contributed by atoms with Crippen LogP contribution < -0.4 is 9.50 Å². The molecule has 9 heteroatoms. The van der Waals surface area contributed by atoms with Crippen LogP contribution in [-0.2, 0) is 32.5 Å². The average Bonchev–Trinajstić information content (AvgIpc) is 2.84. The molecular weight excluding hydrogens is 482 g/mol. The van der Waals surface area contributed by atoms with Gasteiger partial charge in [-0.3, -0.25) is 4.79 Å². The number of ether oxygens (including phenoxy) is 1. The summed E-state index contributed by atoms with van der Waals surface area (Å²) in [5.74, 6) is -1.03. The van der Waals surface area contributed by atoms with Crippen molar-refractivity contribution in [3.8, 4) is 5.75 Å². The van der Waals surface area contributed by atoms with Crippen LogP contribution in [0, 0.1) is 0 Å². The summed E-state index contributed by atoms with van der Waals surface area (Å²) in [5.41, 5.74) is 3.84. The Morgan fingerprint density at radius 3 is 2.11 bits per heavy atom. The van der Waals surface area contributed by atoms with Crippen molar-refractivity contribution in [2.75, 3.05) is 18.7 Å². The zero-order valence-corrected chi connectivity index (χ0v) is 20.7. The van der Waals surface area contributed by atoms with E-state index < -0.39 is 22.2 Å². The number of carboxylic acids is 1. The van der Waals surface area contributed by atoms with Crippen molar-refractivity contribution in [3.63, 3.8) is 0 Å². The highest BCUT2D eigenvalue weighted by molar-refractivity contribution is 7.86. The Balaban J connectivity index is 1.52. The third kappa shape index (κ3) is 8.37. The summed E-state index contributed by atoms with van der Waals surface area (Å²) in [6.07, 6.45) is 4.87. The van der Waals surface area contributed by atoms with Crippen molar-refractivity contribution in [1.82, 2.24) is 0 Å². The van der Waals surface area contributed by atoms with Crippen LogP contribution in [0.15, 0.2) is 78.9 Å². The number of hydrogen-bond donors (Lipinski definition) is 2. The molecule has 36 heavy (non-hydrogen) atoms. The van der Waals surface area contributed by atoms with E-state index in [1.807, 2.05) is 36.4 Å². The fourth-order valence-electron chi connectivity index (χ4n) is 3.35. The summed E-state index contributed by atoms with van der Waals surface area (Å²) in [6.45, 7) is 0. The molecule has 0 aromatic heterocycles. The molecule has 188 valence electrons. The lowest BCUT2D eigenvalue weighted by Crippen LogP contribution is -2.24. The molecule has 0 spiro atoms. The summed E-state index contributed by atoms with van der Waals surface area (Å²) in [5, 5.41) is 11.9. The number of hydrogen-bond acceptors (Lipinski definition) is 6. The number of amides is 1. The first kappa shape index (κ1) is 26.7. The van der Waals surface area contributed by atoms with Gasteiger partial charge in [0.05, 0.1) is 6.26 Å². The second kappa shape index (κ2) is 12.1. The van der Waals surface area contributed by atoms with Crippen molar-refractivity contribution in [2.45, 2.75) is 18.9 Å². The lowest BCUT2D eigenvalue weighted by molar-refractivity contribution is -0.148. The number of anilines is 1. The van der Waals surface area contributed by atoms with Crippen LogP contribution in [0.25, 0.3) is 6.08 Å². The van der Waals surface area contributed by atoms with Crippen LogP contribution in [-0.4, -0.2) is 44.9 Å². The van der Waals surface area contributed by atoms with Crippen LogP contribution in [0.3, 0.4) is 0 Å². The Labute approximate surface area is 210 Å². The number of rotatable bonds is 11. The van der Waals surface area contributed by atoms with Crippen LogP contribution in [0.1, 0.15) is 27.0 Å². The molecule has 0 aliphatic carbocycles. The van der Waals surface area contributed by atoms with E-state index in [-0.39, 0.29) is 18.1 Å². The van der Waals surface area contributed by atoms with Crippen molar-refractivity contribution < 1.29 is 32.0 Å². The summed E-state index contributed by atoms with van der Waals surface area (Å²) in [7, 11) is -2.20. The maximum absolute atomic E-state index is 12.5. The lowest BCUT2D eigenvalue weighted by atomic mass is 10.1. The molecule has 0 saturated heterocycles. The van der Waals surface area contributed by atoms with Gasteiger partial charge in [-0.15, -0.1) is 0 Å². The van der Waals surface area contributed by atoms with Gasteiger partial charge in [-0.25, -0.2) is 4.79 Å². The highest BCUT2D eigenvalue weighted by Crippen LogP contribution is 2.17. The minimum Gasteiger partial charge on any atom is -0.479 e. The molecular formula is C27H27NO7S. The Bertz CT molecular complexity index is 1310. The quantitative estimate of drug-likeness (QED) is 0.372. The zero-order valence-electron chi connectivity index (χ0n) is 19.9. The maximum Gasteiger partial charge on any atom is 0.333 e. The number of carbonyl (C=O) groups is 2. The molecule has 0 aliphatic rings. The van der Waals surface area contributed by atoms with E-state index in [1.165, 1.54) is 7.11 Å². The van der Waals surface area contributed by atoms with E-state index in [0.29, 0.717) is 17.7 Å².